The van der Waals surface area contributed by atoms with Crippen LogP contribution in [-0.4, -0.2) is 46.8 Å². The molecule has 124 valence electrons. The number of benzene rings is 1. The first-order valence-electron chi connectivity index (χ1n) is 7.35. The van der Waals surface area contributed by atoms with Crippen LogP contribution in [0.2, 0.25) is 0 Å². The number of likely N-dealkylation sites (N-methyl/N-ethyl adjacent to an activating group) is 1. The number of carbonyl (C=O) groups is 2. The van der Waals surface area contributed by atoms with Gasteiger partial charge in [0.15, 0.2) is 0 Å². The van der Waals surface area contributed by atoms with Crippen molar-refractivity contribution in [3.8, 4) is 0 Å². The van der Waals surface area contributed by atoms with Crippen LogP contribution in [0.25, 0.3) is 0 Å². The minimum atomic E-state index is -0.619. The fraction of sp³-hybridized carbons (Fsp3) is 0.250. The normalized spacial score (nSPS) is 20.1. The molecule has 8 heteroatoms. The third-order valence-electron chi connectivity index (χ3n) is 4.22. The van der Waals surface area contributed by atoms with Crippen molar-refractivity contribution in [2.45, 2.75) is 6.04 Å². The number of nitro groups is 1. The average molecular weight is 328 g/mol. The van der Waals surface area contributed by atoms with E-state index < -0.39 is 11.0 Å². The van der Waals surface area contributed by atoms with Gasteiger partial charge in [-0.3, -0.25) is 19.8 Å². The molecular weight excluding hydrogens is 312 g/mol. The molecular formula is C16H16N4O4. The van der Waals surface area contributed by atoms with E-state index in [0.29, 0.717) is 29.9 Å². The van der Waals surface area contributed by atoms with Crippen molar-refractivity contribution in [1.29, 1.82) is 0 Å². The largest absolute Gasteiger partial charge is 0.329 e. The minimum absolute atomic E-state index is 0.0433. The summed E-state index contributed by atoms with van der Waals surface area (Å²) in [4.78, 5) is 38.2. The highest BCUT2D eigenvalue weighted by atomic mass is 16.6. The van der Waals surface area contributed by atoms with Gasteiger partial charge in [-0.2, -0.15) is 0 Å². The van der Waals surface area contributed by atoms with E-state index >= 15 is 0 Å². The summed E-state index contributed by atoms with van der Waals surface area (Å²) in [5.41, 5.74) is 1.73. The van der Waals surface area contributed by atoms with Gasteiger partial charge < -0.3 is 10.2 Å². The van der Waals surface area contributed by atoms with E-state index in [-0.39, 0.29) is 17.6 Å². The Morgan fingerprint density at radius 3 is 2.62 bits per heavy atom. The molecule has 0 saturated heterocycles. The highest BCUT2D eigenvalue weighted by molar-refractivity contribution is 6.01. The van der Waals surface area contributed by atoms with Gasteiger partial charge in [0.25, 0.3) is 11.6 Å². The predicted molar refractivity (Wildman–Crippen MR) is 85.9 cm³/mol. The van der Waals surface area contributed by atoms with Crippen molar-refractivity contribution in [3.05, 3.63) is 63.9 Å². The maximum absolute atomic E-state index is 12.7. The smallest absolute Gasteiger partial charge is 0.322 e. The van der Waals surface area contributed by atoms with E-state index in [1.165, 1.54) is 17.0 Å². The maximum atomic E-state index is 12.7. The zero-order chi connectivity index (χ0) is 17.4. The van der Waals surface area contributed by atoms with Gasteiger partial charge in [0, 0.05) is 25.7 Å². The summed E-state index contributed by atoms with van der Waals surface area (Å²) < 4.78 is 0. The van der Waals surface area contributed by atoms with Crippen LogP contribution in [0.3, 0.4) is 0 Å². The molecule has 8 nitrogen and oxygen atoms in total. The highest BCUT2D eigenvalue weighted by Gasteiger charge is 2.42. The topological polar surface area (TPSA) is 95.8 Å². The molecule has 2 aliphatic heterocycles. The molecule has 0 bridgehead atoms. The Bertz CT molecular complexity index is 769. The minimum Gasteiger partial charge on any atom is -0.329 e. The first kappa shape index (κ1) is 15.7. The van der Waals surface area contributed by atoms with Gasteiger partial charge in [-0.05, 0) is 17.7 Å². The highest BCUT2D eigenvalue weighted by Crippen LogP contribution is 2.35. The van der Waals surface area contributed by atoms with Crippen molar-refractivity contribution in [2.24, 2.45) is 0 Å². The molecule has 0 saturated carbocycles. The first-order valence-corrected chi connectivity index (χ1v) is 7.35. The third-order valence-corrected chi connectivity index (χ3v) is 4.22. The van der Waals surface area contributed by atoms with Crippen molar-refractivity contribution >= 4 is 17.6 Å². The zero-order valence-corrected chi connectivity index (χ0v) is 13.1. The Morgan fingerprint density at radius 2 is 2.04 bits per heavy atom. The van der Waals surface area contributed by atoms with E-state index in [1.54, 1.807) is 30.2 Å². The number of hydrogen-bond donors (Lipinski definition) is 1. The predicted octanol–water partition coefficient (Wildman–Crippen LogP) is 1.57. The number of nitro benzene ring substituents is 1. The Kier molecular flexibility index (Phi) is 3.80. The standard InChI is InChI=1S/C16H16N4O4/c1-3-8-19-9-12-13(15(19)21)14(17-16(22)18(12)2)10-4-6-11(7-5-10)20(23)24/h3-7,14H,1,8-9H2,2H3,(H,17,22). The van der Waals surface area contributed by atoms with Gasteiger partial charge in [0.1, 0.15) is 0 Å². The summed E-state index contributed by atoms with van der Waals surface area (Å²) in [6.45, 7) is 4.37. The zero-order valence-electron chi connectivity index (χ0n) is 13.1. The van der Waals surface area contributed by atoms with Crippen molar-refractivity contribution in [2.75, 3.05) is 20.1 Å². The quantitative estimate of drug-likeness (QED) is 0.515. The molecule has 0 fully saturated rings. The fourth-order valence-corrected chi connectivity index (χ4v) is 2.97. The molecule has 3 rings (SSSR count). The van der Waals surface area contributed by atoms with Crippen LogP contribution in [0.15, 0.2) is 48.2 Å². The molecule has 1 N–H and O–H groups in total. The number of nitrogens with zero attached hydrogens (tertiary/aromatic N) is 3. The number of nitrogens with one attached hydrogen (secondary N) is 1. The van der Waals surface area contributed by atoms with E-state index in [9.17, 15) is 19.7 Å². The molecule has 0 spiro atoms. The fourth-order valence-electron chi connectivity index (χ4n) is 2.97. The molecule has 0 aliphatic carbocycles. The van der Waals surface area contributed by atoms with Crippen molar-refractivity contribution in [1.82, 2.24) is 15.1 Å². The van der Waals surface area contributed by atoms with Crippen LogP contribution < -0.4 is 5.32 Å². The SMILES string of the molecule is C=CCN1CC2=C(C1=O)C(c1ccc([N+](=O)[O-])cc1)NC(=O)N2C. The van der Waals surface area contributed by atoms with Crippen LogP contribution in [-0.2, 0) is 4.79 Å². The first-order chi connectivity index (χ1) is 11.4. The molecule has 1 aromatic carbocycles. The van der Waals surface area contributed by atoms with Crippen molar-refractivity contribution in [3.63, 3.8) is 0 Å². The Labute approximate surface area is 138 Å². The van der Waals surface area contributed by atoms with Crippen LogP contribution in [0.1, 0.15) is 11.6 Å². The van der Waals surface area contributed by atoms with Crippen molar-refractivity contribution < 1.29 is 14.5 Å². The number of urea groups is 1. The second-order valence-corrected chi connectivity index (χ2v) is 5.62. The molecule has 1 unspecified atom stereocenters. The molecule has 0 aromatic heterocycles. The summed E-state index contributed by atoms with van der Waals surface area (Å²) in [6, 6.07) is 4.91. The van der Waals surface area contributed by atoms with Crippen LogP contribution in [0.5, 0.6) is 0 Å². The molecule has 0 radical (unpaired) electrons. The number of amides is 3. The third kappa shape index (κ3) is 2.41. The number of rotatable bonds is 4. The Morgan fingerprint density at radius 1 is 1.38 bits per heavy atom. The molecule has 2 heterocycles. The van der Waals surface area contributed by atoms with Crippen LogP contribution >= 0.6 is 0 Å². The summed E-state index contributed by atoms with van der Waals surface area (Å²) in [6.07, 6.45) is 1.63. The Hall–Kier alpha value is -3.16. The number of hydrogen-bond acceptors (Lipinski definition) is 4. The number of non-ortho nitro benzene ring substituents is 1. The summed E-state index contributed by atoms with van der Waals surface area (Å²) in [5.74, 6) is -0.167. The lowest BCUT2D eigenvalue weighted by atomic mass is 9.95. The van der Waals surface area contributed by atoms with Gasteiger partial charge in [0.2, 0.25) is 0 Å². The van der Waals surface area contributed by atoms with Gasteiger partial charge in [-0.1, -0.05) is 6.08 Å². The lowest BCUT2D eigenvalue weighted by Gasteiger charge is -2.31. The summed E-state index contributed by atoms with van der Waals surface area (Å²) in [5, 5.41) is 13.6. The molecule has 3 amide bonds. The van der Waals surface area contributed by atoms with E-state index in [0.717, 1.165) is 0 Å². The second-order valence-electron chi connectivity index (χ2n) is 5.62. The summed E-state index contributed by atoms with van der Waals surface area (Å²) >= 11 is 0. The van der Waals surface area contributed by atoms with E-state index in [4.69, 9.17) is 0 Å². The molecule has 2 aliphatic rings. The van der Waals surface area contributed by atoms with Gasteiger partial charge in [-0.15, -0.1) is 6.58 Å². The summed E-state index contributed by atoms with van der Waals surface area (Å²) in [7, 11) is 1.61. The van der Waals surface area contributed by atoms with E-state index in [1.807, 2.05) is 0 Å². The Balaban J connectivity index is 2.00. The molecule has 1 atom stereocenters. The average Bonchev–Trinajstić information content (AvgIpc) is 2.89. The van der Waals surface area contributed by atoms with Gasteiger partial charge in [-0.25, -0.2) is 4.79 Å². The maximum Gasteiger partial charge on any atom is 0.322 e. The van der Waals surface area contributed by atoms with Gasteiger partial charge in [0.05, 0.1) is 28.8 Å². The second kappa shape index (κ2) is 5.80. The molecule has 24 heavy (non-hydrogen) atoms. The molecule has 1 aromatic rings. The van der Waals surface area contributed by atoms with E-state index in [2.05, 4.69) is 11.9 Å². The monoisotopic (exact) mass is 328 g/mol. The van der Waals surface area contributed by atoms with Crippen LogP contribution in [0, 0.1) is 10.1 Å². The van der Waals surface area contributed by atoms with Crippen LogP contribution in [0.4, 0.5) is 10.5 Å². The lowest BCUT2D eigenvalue weighted by molar-refractivity contribution is -0.384. The van der Waals surface area contributed by atoms with Gasteiger partial charge >= 0.3 is 6.03 Å². The lowest BCUT2D eigenvalue weighted by Crippen LogP contribution is -2.45. The number of carbonyl (C=O) groups excluding carboxylic acids is 2.